The van der Waals surface area contributed by atoms with E-state index in [1.165, 1.54) is 18.2 Å². The van der Waals surface area contributed by atoms with Crippen LogP contribution in [0.4, 0.5) is 17.6 Å². The molecule has 1 aliphatic carbocycles. The van der Waals surface area contributed by atoms with Gasteiger partial charge in [-0.1, -0.05) is 12.5 Å². The van der Waals surface area contributed by atoms with E-state index in [1.54, 1.807) is 0 Å². The molecule has 1 saturated carbocycles. The Labute approximate surface area is 122 Å². The van der Waals surface area contributed by atoms with Crippen molar-refractivity contribution in [1.82, 2.24) is 0 Å². The molecule has 1 fully saturated rings. The third-order valence-electron chi connectivity index (χ3n) is 3.72. The van der Waals surface area contributed by atoms with Gasteiger partial charge in [-0.3, -0.25) is 4.79 Å². The fraction of sp³-hybridized carbons (Fsp3) is 0.500. The molecule has 0 bridgehead atoms. The number of hydrogen-bond donors (Lipinski definition) is 0. The molecular formula is C14H13BrF4O. The van der Waals surface area contributed by atoms with Crippen molar-refractivity contribution in [3.63, 3.8) is 0 Å². The molecule has 0 spiro atoms. The van der Waals surface area contributed by atoms with E-state index in [-0.39, 0.29) is 22.9 Å². The molecule has 1 aromatic carbocycles. The fourth-order valence-electron chi connectivity index (χ4n) is 2.64. The molecule has 2 unspecified atom stereocenters. The average molecular weight is 353 g/mol. The van der Waals surface area contributed by atoms with E-state index in [9.17, 15) is 22.4 Å². The molecule has 20 heavy (non-hydrogen) atoms. The van der Waals surface area contributed by atoms with E-state index >= 15 is 0 Å². The van der Waals surface area contributed by atoms with Crippen molar-refractivity contribution >= 4 is 21.7 Å². The zero-order valence-electron chi connectivity index (χ0n) is 10.5. The molecule has 0 aromatic heterocycles. The Kier molecular flexibility index (Phi) is 4.52. The van der Waals surface area contributed by atoms with Gasteiger partial charge in [-0.25, -0.2) is 4.39 Å². The highest BCUT2D eigenvalue weighted by molar-refractivity contribution is 9.10. The van der Waals surface area contributed by atoms with Gasteiger partial charge in [0.1, 0.15) is 5.82 Å². The molecule has 1 aliphatic rings. The first-order valence-corrected chi connectivity index (χ1v) is 7.15. The van der Waals surface area contributed by atoms with Crippen molar-refractivity contribution in [2.45, 2.75) is 31.9 Å². The lowest BCUT2D eigenvalue weighted by atomic mass is 9.77. The molecule has 0 aliphatic heterocycles. The maximum Gasteiger partial charge on any atom is 0.391 e. The van der Waals surface area contributed by atoms with Crippen LogP contribution in [0.25, 0.3) is 0 Å². The van der Waals surface area contributed by atoms with Gasteiger partial charge >= 0.3 is 6.18 Å². The van der Waals surface area contributed by atoms with E-state index in [0.29, 0.717) is 12.8 Å². The molecule has 0 N–H and O–H groups in total. The summed E-state index contributed by atoms with van der Waals surface area (Å²) >= 11 is 2.97. The van der Waals surface area contributed by atoms with Crippen LogP contribution in [0.3, 0.4) is 0 Å². The van der Waals surface area contributed by atoms with E-state index in [4.69, 9.17) is 0 Å². The van der Waals surface area contributed by atoms with Crippen molar-refractivity contribution in [2.75, 3.05) is 0 Å². The molecular weight excluding hydrogens is 340 g/mol. The molecule has 0 heterocycles. The maximum atomic E-state index is 13.8. The minimum absolute atomic E-state index is 0.0498. The number of Topliss-reactive ketones (excluding diaryl/α,β-unsaturated/α-hetero) is 1. The number of carbonyl (C=O) groups is 1. The standard InChI is InChI=1S/C14H13BrF4O/c15-11-6-2-5-10(12(11)16)13(20)8-3-1-4-9(7-8)14(17,18)19/h2,5-6,8-9H,1,3-4,7H2. The molecule has 0 amide bonds. The van der Waals surface area contributed by atoms with Gasteiger partial charge in [-0.2, -0.15) is 13.2 Å². The first-order valence-electron chi connectivity index (χ1n) is 6.35. The summed E-state index contributed by atoms with van der Waals surface area (Å²) in [6.45, 7) is 0. The third-order valence-corrected chi connectivity index (χ3v) is 4.34. The van der Waals surface area contributed by atoms with Crippen LogP contribution in [-0.4, -0.2) is 12.0 Å². The van der Waals surface area contributed by atoms with Gasteiger partial charge in [0.05, 0.1) is 16.0 Å². The minimum Gasteiger partial charge on any atom is -0.294 e. The summed E-state index contributed by atoms with van der Waals surface area (Å²) in [7, 11) is 0. The predicted molar refractivity (Wildman–Crippen MR) is 69.9 cm³/mol. The van der Waals surface area contributed by atoms with Crippen LogP contribution >= 0.6 is 15.9 Å². The Balaban J connectivity index is 2.19. The second-order valence-electron chi connectivity index (χ2n) is 5.07. The Morgan fingerprint density at radius 2 is 1.95 bits per heavy atom. The summed E-state index contributed by atoms with van der Waals surface area (Å²) in [4.78, 5) is 12.2. The van der Waals surface area contributed by atoms with Crippen LogP contribution in [0.1, 0.15) is 36.0 Å². The molecule has 2 rings (SSSR count). The number of ketones is 1. The number of alkyl halides is 3. The van der Waals surface area contributed by atoms with Crippen molar-refractivity contribution in [3.8, 4) is 0 Å². The minimum atomic E-state index is -4.28. The highest BCUT2D eigenvalue weighted by Gasteiger charge is 2.43. The van der Waals surface area contributed by atoms with Crippen molar-refractivity contribution in [1.29, 1.82) is 0 Å². The summed E-state index contributed by atoms with van der Waals surface area (Å²) < 4.78 is 52.2. The predicted octanol–water partition coefficient (Wildman–Crippen LogP) is 5.14. The Morgan fingerprint density at radius 1 is 1.25 bits per heavy atom. The molecule has 0 radical (unpaired) electrons. The first kappa shape index (κ1) is 15.5. The van der Waals surface area contributed by atoms with Crippen molar-refractivity contribution in [2.24, 2.45) is 11.8 Å². The molecule has 1 aromatic rings. The molecule has 2 atom stereocenters. The summed E-state index contributed by atoms with van der Waals surface area (Å²) in [5, 5.41) is 0. The Morgan fingerprint density at radius 3 is 2.60 bits per heavy atom. The van der Waals surface area contributed by atoms with Gasteiger partial charge in [0, 0.05) is 5.92 Å². The van der Waals surface area contributed by atoms with Gasteiger partial charge in [0.25, 0.3) is 0 Å². The number of carbonyl (C=O) groups excluding carboxylic acids is 1. The highest BCUT2D eigenvalue weighted by Crippen LogP contribution is 2.41. The number of rotatable bonds is 2. The lowest BCUT2D eigenvalue weighted by molar-refractivity contribution is -0.184. The first-order chi connectivity index (χ1) is 9.30. The quantitative estimate of drug-likeness (QED) is 0.532. The largest absolute Gasteiger partial charge is 0.391 e. The number of benzene rings is 1. The molecule has 0 saturated heterocycles. The average Bonchev–Trinajstić information content (AvgIpc) is 2.40. The summed E-state index contributed by atoms with van der Waals surface area (Å²) in [5.74, 6) is -3.44. The number of halogens is 5. The number of hydrogen-bond acceptors (Lipinski definition) is 1. The van der Waals surface area contributed by atoms with Crippen LogP contribution in [0.2, 0.25) is 0 Å². The van der Waals surface area contributed by atoms with Gasteiger partial charge in [-0.15, -0.1) is 0 Å². The Bertz CT molecular complexity index is 512. The molecule has 1 nitrogen and oxygen atoms in total. The smallest absolute Gasteiger partial charge is 0.294 e. The summed E-state index contributed by atoms with van der Waals surface area (Å²) in [6.07, 6.45) is -3.75. The zero-order valence-corrected chi connectivity index (χ0v) is 12.1. The lowest BCUT2D eigenvalue weighted by Gasteiger charge is -2.29. The van der Waals surface area contributed by atoms with E-state index in [0.717, 1.165) is 0 Å². The van der Waals surface area contributed by atoms with Gasteiger partial charge in [0.2, 0.25) is 0 Å². The van der Waals surface area contributed by atoms with Crippen LogP contribution in [-0.2, 0) is 0 Å². The maximum absolute atomic E-state index is 13.8. The van der Waals surface area contributed by atoms with Gasteiger partial charge < -0.3 is 0 Å². The van der Waals surface area contributed by atoms with Crippen LogP contribution < -0.4 is 0 Å². The van der Waals surface area contributed by atoms with E-state index in [1.807, 2.05) is 0 Å². The van der Waals surface area contributed by atoms with Crippen molar-refractivity contribution < 1.29 is 22.4 Å². The van der Waals surface area contributed by atoms with E-state index < -0.39 is 29.6 Å². The fourth-order valence-corrected chi connectivity index (χ4v) is 3.01. The zero-order chi connectivity index (χ0) is 14.9. The third kappa shape index (κ3) is 3.22. The SMILES string of the molecule is O=C(c1cccc(Br)c1F)C1CCCC(C(F)(F)F)C1. The monoisotopic (exact) mass is 352 g/mol. The topological polar surface area (TPSA) is 17.1 Å². The van der Waals surface area contributed by atoms with Crippen molar-refractivity contribution in [3.05, 3.63) is 34.1 Å². The molecule has 6 heteroatoms. The van der Waals surface area contributed by atoms with Gasteiger partial charge in [0.15, 0.2) is 5.78 Å². The second kappa shape index (κ2) is 5.84. The summed E-state index contributed by atoms with van der Waals surface area (Å²) in [5.41, 5.74) is -0.132. The molecule has 110 valence electrons. The summed E-state index contributed by atoms with van der Waals surface area (Å²) in [6, 6.07) is 4.27. The van der Waals surface area contributed by atoms with Gasteiger partial charge in [-0.05, 0) is 47.3 Å². The van der Waals surface area contributed by atoms with Crippen LogP contribution in [0.5, 0.6) is 0 Å². The van der Waals surface area contributed by atoms with Crippen LogP contribution in [0.15, 0.2) is 22.7 Å². The Hall–Kier alpha value is -0.910. The van der Waals surface area contributed by atoms with E-state index in [2.05, 4.69) is 15.9 Å². The normalized spacial score (nSPS) is 23.6. The van der Waals surface area contributed by atoms with Crippen LogP contribution in [0, 0.1) is 17.7 Å². The lowest BCUT2D eigenvalue weighted by Crippen LogP contribution is -2.32. The second-order valence-corrected chi connectivity index (χ2v) is 5.92. The highest BCUT2D eigenvalue weighted by atomic mass is 79.9.